The van der Waals surface area contributed by atoms with E-state index in [0.29, 0.717) is 30.2 Å². The summed E-state index contributed by atoms with van der Waals surface area (Å²) in [6, 6.07) is 9.91. The van der Waals surface area contributed by atoms with Gasteiger partial charge in [0.05, 0.1) is 11.1 Å². The third-order valence-corrected chi connectivity index (χ3v) is 5.81. The minimum atomic E-state index is -1.41. The van der Waals surface area contributed by atoms with Crippen molar-refractivity contribution < 1.29 is 29.0 Å². The Balaban J connectivity index is 1.55. The lowest BCUT2D eigenvalue weighted by molar-refractivity contribution is -0.138. The SMILES string of the molecule is O=C([C@H]([14C@H](O)c1ccc2c(c1)OCO2)N1C(=O)c2ccccc2C1=O)N1CCCC1. The van der Waals surface area contributed by atoms with Crippen molar-refractivity contribution in [1.82, 2.24) is 9.80 Å². The lowest BCUT2D eigenvalue weighted by atomic mass is 10.1. The number of imide groups is 1. The molecule has 3 heterocycles. The van der Waals surface area contributed by atoms with Gasteiger partial charge in [0.15, 0.2) is 11.5 Å². The summed E-state index contributed by atoms with van der Waals surface area (Å²) >= 11 is 0. The zero-order valence-corrected chi connectivity index (χ0v) is 16.1. The molecule has 3 aliphatic rings. The van der Waals surface area contributed by atoms with Crippen molar-refractivity contribution in [2.24, 2.45) is 0 Å². The fraction of sp³-hybridized carbons (Fsp3) is 0.318. The Kier molecular flexibility index (Phi) is 4.43. The van der Waals surface area contributed by atoms with Crippen LogP contribution in [-0.2, 0) is 4.79 Å². The number of hydrogen-bond donors (Lipinski definition) is 1. The first-order valence-corrected chi connectivity index (χ1v) is 9.89. The van der Waals surface area contributed by atoms with Crippen molar-refractivity contribution in [2.75, 3.05) is 19.9 Å². The van der Waals surface area contributed by atoms with Crippen molar-refractivity contribution in [3.63, 3.8) is 0 Å². The average molecular weight is 410 g/mol. The second-order valence-electron chi connectivity index (χ2n) is 7.56. The maximum atomic E-state index is 13.4. The summed E-state index contributed by atoms with van der Waals surface area (Å²) in [7, 11) is 0. The average Bonchev–Trinajstić information content (AvgIpc) is 3.50. The highest BCUT2D eigenvalue weighted by atomic mass is 16.7. The van der Waals surface area contributed by atoms with Gasteiger partial charge in [0, 0.05) is 13.1 Å². The van der Waals surface area contributed by atoms with E-state index in [0.717, 1.165) is 17.7 Å². The molecule has 2 atom stereocenters. The summed E-state index contributed by atoms with van der Waals surface area (Å²) in [5.41, 5.74) is 0.840. The minimum Gasteiger partial charge on any atom is -0.454 e. The van der Waals surface area contributed by atoms with Crippen molar-refractivity contribution in [1.29, 1.82) is 0 Å². The highest BCUT2D eigenvalue weighted by Gasteiger charge is 2.47. The van der Waals surface area contributed by atoms with Gasteiger partial charge in [-0.05, 0) is 42.7 Å². The predicted octanol–water partition coefficient (Wildman–Crippen LogP) is 1.74. The Morgan fingerprint density at radius 2 is 1.60 bits per heavy atom. The molecule has 2 aromatic rings. The molecule has 0 unspecified atom stereocenters. The quantitative estimate of drug-likeness (QED) is 0.772. The topological polar surface area (TPSA) is 96.4 Å². The van der Waals surface area contributed by atoms with Gasteiger partial charge in [0.1, 0.15) is 12.1 Å². The van der Waals surface area contributed by atoms with Crippen LogP contribution in [0.15, 0.2) is 42.5 Å². The van der Waals surface area contributed by atoms with Crippen LogP contribution in [0.4, 0.5) is 0 Å². The fourth-order valence-electron chi connectivity index (χ4n) is 4.25. The summed E-state index contributed by atoms with van der Waals surface area (Å²) in [5.74, 6) is -0.608. The number of amides is 3. The first kappa shape index (κ1) is 18.6. The normalized spacial score (nSPS) is 19.2. The summed E-state index contributed by atoms with van der Waals surface area (Å²) in [4.78, 5) is 42.0. The van der Waals surface area contributed by atoms with Gasteiger partial charge < -0.3 is 19.5 Å². The van der Waals surface area contributed by atoms with Crippen molar-refractivity contribution in [3.8, 4) is 11.5 Å². The Hall–Kier alpha value is -3.39. The molecule has 0 radical (unpaired) electrons. The van der Waals surface area contributed by atoms with Gasteiger partial charge in [-0.15, -0.1) is 0 Å². The first-order valence-electron chi connectivity index (χ1n) is 9.89. The lowest BCUT2D eigenvalue weighted by Crippen LogP contribution is -2.53. The zero-order valence-electron chi connectivity index (χ0n) is 16.1. The fourth-order valence-corrected chi connectivity index (χ4v) is 4.25. The van der Waals surface area contributed by atoms with E-state index in [4.69, 9.17) is 9.47 Å². The van der Waals surface area contributed by atoms with Gasteiger partial charge in [-0.3, -0.25) is 19.3 Å². The molecule has 0 saturated carbocycles. The Bertz CT molecular complexity index is 1010. The van der Waals surface area contributed by atoms with Crippen LogP contribution >= 0.6 is 0 Å². The largest absolute Gasteiger partial charge is 0.454 e. The van der Waals surface area contributed by atoms with E-state index in [1.54, 1.807) is 47.4 Å². The molecule has 0 aliphatic carbocycles. The summed E-state index contributed by atoms with van der Waals surface area (Å²) in [6.07, 6.45) is 0.288. The van der Waals surface area contributed by atoms with Gasteiger partial charge in [0.2, 0.25) is 12.7 Å². The number of hydrogen-bond acceptors (Lipinski definition) is 6. The molecule has 0 bridgehead atoms. The Labute approximate surface area is 172 Å². The van der Waals surface area contributed by atoms with E-state index in [1.165, 1.54) is 0 Å². The number of aliphatic hydroxyl groups is 1. The maximum absolute atomic E-state index is 13.4. The third-order valence-electron chi connectivity index (χ3n) is 5.81. The third kappa shape index (κ3) is 2.83. The van der Waals surface area contributed by atoms with Crippen LogP contribution in [-0.4, -0.2) is 58.6 Å². The number of fused-ring (bicyclic) bond motifs is 2. The van der Waals surface area contributed by atoms with Crippen LogP contribution in [0.5, 0.6) is 11.5 Å². The van der Waals surface area contributed by atoms with E-state index >= 15 is 0 Å². The van der Waals surface area contributed by atoms with Gasteiger partial charge in [-0.25, -0.2) is 0 Å². The molecule has 0 spiro atoms. The summed E-state index contributed by atoms with van der Waals surface area (Å²) in [6.45, 7) is 1.14. The molecule has 2 aromatic carbocycles. The molecule has 8 nitrogen and oxygen atoms in total. The second kappa shape index (κ2) is 7.14. The number of likely N-dealkylation sites (tertiary alicyclic amines) is 1. The molecule has 154 valence electrons. The number of nitrogens with zero attached hydrogens (tertiary/aromatic N) is 2. The van der Waals surface area contributed by atoms with E-state index in [2.05, 4.69) is 0 Å². The maximum Gasteiger partial charge on any atom is 0.262 e. The number of ether oxygens (including phenoxy) is 2. The smallest absolute Gasteiger partial charge is 0.262 e. The highest BCUT2D eigenvalue weighted by molar-refractivity contribution is 6.23. The molecule has 0 aromatic heterocycles. The second-order valence-corrected chi connectivity index (χ2v) is 7.56. The van der Waals surface area contributed by atoms with Crippen LogP contribution in [0, 0.1) is 0 Å². The number of carbonyl (C=O) groups excluding carboxylic acids is 3. The molecule has 5 rings (SSSR count). The molecule has 3 amide bonds. The molecule has 30 heavy (non-hydrogen) atoms. The molecular weight excluding hydrogens is 390 g/mol. The molecule has 8 heteroatoms. The Morgan fingerprint density at radius 3 is 2.27 bits per heavy atom. The van der Waals surface area contributed by atoms with Gasteiger partial charge in [-0.1, -0.05) is 18.2 Å². The van der Waals surface area contributed by atoms with Crippen molar-refractivity contribution >= 4 is 17.7 Å². The van der Waals surface area contributed by atoms with E-state index in [-0.39, 0.29) is 17.9 Å². The van der Waals surface area contributed by atoms with Gasteiger partial charge in [-0.2, -0.15) is 0 Å². The lowest BCUT2D eigenvalue weighted by Gasteiger charge is -2.32. The van der Waals surface area contributed by atoms with Crippen molar-refractivity contribution in [3.05, 3.63) is 59.2 Å². The van der Waals surface area contributed by atoms with Crippen LogP contribution in [0.3, 0.4) is 0 Å². The van der Waals surface area contributed by atoms with E-state index < -0.39 is 29.9 Å². The number of benzene rings is 2. The van der Waals surface area contributed by atoms with Gasteiger partial charge >= 0.3 is 0 Å². The minimum absolute atomic E-state index is 0.0728. The monoisotopic (exact) mass is 410 g/mol. The standard InChI is InChI=1S/C22H20N2O6/c25-19(13-7-8-16-17(11-13)30-12-29-16)18(22(28)23-9-3-4-10-23)24-20(26)14-5-1-2-6-15(14)21(24)27/h1-2,5-8,11,18-19,25H,3-4,9-10,12H2/t18-,19+/m0/s1/i19+2. The van der Waals surface area contributed by atoms with E-state index in [1.807, 2.05) is 0 Å². The molecule has 3 aliphatic heterocycles. The molecular formula is C22H20N2O6. The highest BCUT2D eigenvalue weighted by Crippen LogP contribution is 2.37. The van der Waals surface area contributed by atoms with Crippen LogP contribution < -0.4 is 9.47 Å². The summed E-state index contributed by atoms with van der Waals surface area (Å²) in [5, 5.41) is 11.2. The summed E-state index contributed by atoms with van der Waals surface area (Å²) < 4.78 is 10.7. The molecule has 1 fully saturated rings. The van der Waals surface area contributed by atoms with Crippen LogP contribution in [0.2, 0.25) is 0 Å². The van der Waals surface area contributed by atoms with Crippen LogP contribution in [0.25, 0.3) is 0 Å². The van der Waals surface area contributed by atoms with Crippen LogP contribution in [0.1, 0.15) is 45.2 Å². The molecule has 1 N–H and O–H groups in total. The number of carbonyl (C=O) groups is 3. The van der Waals surface area contributed by atoms with Crippen molar-refractivity contribution in [2.45, 2.75) is 25.0 Å². The van der Waals surface area contributed by atoms with Gasteiger partial charge in [0.25, 0.3) is 11.8 Å². The number of rotatable bonds is 4. The zero-order chi connectivity index (χ0) is 20.8. The predicted molar refractivity (Wildman–Crippen MR) is 104 cm³/mol. The molecule has 1 saturated heterocycles. The first-order chi connectivity index (χ1) is 14.6. The number of aliphatic hydroxyl groups excluding tert-OH is 1. The Morgan fingerprint density at radius 1 is 0.967 bits per heavy atom. The van der Waals surface area contributed by atoms with E-state index in [9.17, 15) is 19.5 Å².